The van der Waals surface area contributed by atoms with Gasteiger partial charge in [-0.05, 0) is 11.6 Å². The Balaban J connectivity index is 2.01. The normalized spacial score (nSPS) is 10.2. The predicted octanol–water partition coefficient (Wildman–Crippen LogP) is 2.26. The highest BCUT2D eigenvalue weighted by atomic mass is 16.5. The molecule has 6 nitrogen and oxygen atoms in total. The van der Waals surface area contributed by atoms with Crippen LogP contribution in [-0.4, -0.2) is 20.1 Å². The third-order valence-electron chi connectivity index (χ3n) is 2.74. The van der Waals surface area contributed by atoms with Gasteiger partial charge in [-0.1, -0.05) is 23.4 Å². The molecule has 0 spiro atoms. The van der Waals surface area contributed by atoms with E-state index in [2.05, 4.69) is 26.2 Å². The summed E-state index contributed by atoms with van der Waals surface area (Å²) in [5.41, 5.74) is 2.15. The van der Waals surface area contributed by atoms with Crippen LogP contribution in [0.3, 0.4) is 0 Å². The molecular formula is C14H9N5O. The number of nitrogens with zero attached hydrogens (tertiary/aromatic N) is 5. The second kappa shape index (κ2) is 5.28. The van der Waals surface area contributed by atoms with Crippen LogP contribution >= 0.6 is 0 Å². The Bertz CT molecular complexity index is 760. The Kier molecular flexibility index (Phi) is 3.17. The number of nitriles is 1. The lowest BCUT2D eigenvalue weighted by Crippen LogP contribution is -1.89. The highest BCUT2D eigenvalue weighted by molar-refractivity contribution is 5.61. The average molecular weight is 263 g/mol. The summed E-state index contributed by atoms with van der Waals surface area (Å²) in [6.45, 7) is 0. The van der Waals surface area contributed by atoms with E-state index in [0.717, 1.165) is 11.1 Å². The first-order valence-electron chi connectivity index (χ1n) is 5.94. The van der Waals surface area contributed by atoms with Gasteiger partial charge in [0.2, 0.25) is 5.82 Å². The summed E-state index contributed by atoms with van der Waals surface area (Å²) < 4.78 is 5.25. The molecule has 0 N–H and O–H groups in total. The first-order chi connectivity index (χ1) is 9.88. The lowest BCUT2D eigenvalue weighted by molar-refractivity contribution is 0.432. The monoisotopic (exact) mass is 263 g/mol. The van der Waals surface area contributed by atoms with Gasteiger partial charge in [0, 0.05) is 18.0 Å². The van der Waals surface area contributed by atoms with Crippen LogP contribution in [0.25, 0.3) is 23.0 Å². The van der Waals surface area contributed by atoms with Crippen molar-refractivity contribution in [2.75, 3.05) is 0 Å². The second-order valence-corrected chi connectivity index (χ2v) is 4.01. The summed E-state index contributed by atoms with van der Waals surface area (Å²) in [6, 6.07) is 9.57. The molecule has 0 radical (unpaired) electrons. The van der Waals surface area contributed by atoms with Crippen LogP contribution in [-0.2, 0) is 6.42 Å². The average Bonchev–Trinajstić information content (AvgIpc) is 2.99. The van der Waals surface area contributed by atoms with Crippen LogP contribution in [0.1, 0.15) is 5.56 Å². The lowest BCUT2D eigenvalue weighted by atomic mass is 10.1. The summed E-state index contributed by atoms with van der Waals surface area (Å²) >= 11 is 0. The van der Waals surface area contributed by atoms with E-state index < -0.39 is 0 Å². The smallest absolute Gasteiger partial charge is 0.258 e. The van der Waals surface area contributed by atoms with E-state index in [9.17, 15) is 0 Å². The molecule has 0 atom stereocenters. The van der Waals surface area contributed by atoms with Crippen molar-refractivity contribution in [1.82, 2.24) is 20.1 Å². The Morgan fingerprint density at radius 1 is 1.20 bits per heavy atom. The second-order valence-electron chi connectivity index (χ2n) is 4.01. The van der Waals surface area contributed by atoms with Gasteiger partial charge in [0.05, 0.1) is 18.7 Å². The highest BCUT2D eigenvalue weighted by Crippen LogP contribution is 2.24. The largest absolute Gasteiger partial charge is 0.334 e. The minimum absolute atomic E-state index is 0.291. The Morgan fingerprint density at radius 2 is 2.10 bits per heavy atom. The molecule has 0 aliphatic rings. The van der Waals surface area contributed by atoms with Gasteiger partial charge in [0.15, 0.2) is 0 Å². The summed E-state index contributed by atoms with van der Waals surface area (Å²) in [5.74, 6) is 0.747. The molecule has 3 aromatic rings. The van der Waals surface area contributed by atoms with Crippen molar-refractivity contribution >= 4 is 0 Å². The van der Waals surface area contributed by atoms with Crippen LogP contribution in [0, 0.1) is 11.3 Å². The minimum Gasteiger partial charge on any atom is -0.334 e. The molecule has 6 heteroatoms. The first kappa shape index (κ1) is 12.0. The van der Waals surface area contributed by atoms with Crippen LogP contribution in [0.2, 0.25) is 0 Å². The fraction of sp³-hybridized carbons (Fsp3) is 0.0714. The molecule has 2 aromatic heterocycles. The molecule has 0 saturated carbocycles. The van der Waals surface area contributed by atoms with Crippen molar-refractivity contribution in [3.05, 3.63) is 48.4 Å². The molecule has 1 aromatic carbocycles. The van der Waals surface area contributed by atoms with Crippen molar-refractivity contribution in [3.8, 4) is 29.0 Å². The number of aromatic nitrogens is 4. The number of rotatable bonds is 3. The van der Waals surface area contributed by atoms with Crippen molar-refractivity contribution in [3.63, 3.8) is 0 Å². The fourth-order valence-electron chi connectivity index (χ4n) is 1.82. The fourth-order valence-corrected chi connectivity index (χ4v) is 1.82. The third-order valence-corrected chi connectivity index (χ3v) is 2.74. The zero-order chi connectivity index (χ0) is 13.8. The molecule has 0 saturated heterocycles. The Hall–Kier alpha value is -3.07. The molecule has 20 heavy (non-hydrogen) atoms. The molecular weight excluding hydrogens is 254 g/mol. The molecule has 0 aliphatic carbocycles. The maximum Gasteiger partial charge on any atom is 0.258 e. The van der Waals surface area contributed by atoms with Crippen LogP contribution < -0.4 is 0 Å². The zero-order valence-electron chi connectivity index (χ0n) is 10.4. The number of hydrogen-bond donors (Lipinski definition) is 0. The quantitative estimate of drug-likeness (QED) is 0.720. The van der Waals surface area contributed by atoms with E-state index in [-0.39, 0.29) is 0 Å². The molecule has 0 bridgehead atoms. The van der Waals surface area contributed by atoms with Crippen molar-refractivity contribution < 1.29 is 4.52 Å². The summed E-state index contributed by atoms with van der Waals surface area (Å²) in [5, 5.41) is 12.7. The number of hydrogen-bond acceptors (Lipinski definition) is 6. The van der Waals surface area contributed by atoms with Gasteiger partial charge in [0.25, 0.3) is 5.89 Å². The maximum absolute atomic E-state index is 8.84. The highest BCUT2D eigenvalue weighted by Gasteiger charge is 2.14. The van der Waals surface area contributed by atoms with Gasteiger partial charge in [-0.15, -0.1) is 0 Å². The van der Waals surface area contributed by atoms with Gasteiger partial charge in [-0.25, -0.2) is 4.98 Å². The van der Waals surface area contributed by atoms with Gasteiger partial charge in [0.1, 0.15) is 5.69 Å². The standard InChI is InChI=1S/C14H9N5O/c15-6-5-10-3-1-2-4-11(10)14-18-13(19-20-14)12-9-16-7-8-17-12/h1-4,7-9H,5H2. The van der Waals surface area contributed by atoms with Gasteiger partial charge in [-0.2, -0.15) is 10.2 Å². The van der Waals surface area contributed by atoms with E-state index in [4.69, 9.17) is 9.78 Å². The van der Waals surface area contributed by atoms with E-state index in [1.54, 1.807) is 18.6 Å². The SMILES string of the molecule is N#CCc1ccccc1-c1nc(-c2cnccn2)no1. The van der Waals surface area contributed by atoms with Gasteiger partial charge in [-0.3, -0.25) is 4.98 Å². The van der Waals surface area contributed by atoms with Crippen LogP contribution in [0.15, 0.2) is 47.4 Å². The lowest BCUT2D eigenvalue weighted by Gasteiger charge is -2.00. The molecule has 96 valence electrons. The van der Waals surface area contributed by atoms with E-state index in [1.807, 2.05) is 24.3 Å². The Labute approximate surface area is 114 Å². The van der Waals surface area contributed by atoms with Crippen molar-refractivity contribution in [2.24, 2.45) is 0 Å². The molecule has 0 amide bonds. The van der Waals surface area contributed by atoms with Gasteiger partial charge >= 0.3 is 0 Å². The summed E-state index contributed by atoms with van der Waals surface area (Å²) in [4.78, 5) is 12.4. The predicted molar refractivity (Wildman–Crippen MR) is 70.1 cm³/mol. The zero-order valence-corrected chi connectivity index (χ0v) is 10.4. The molecule has 0 unspecified atom stereocenters. The Morgan fingerprint density at radius 3 is 2.90 bits per heavy atom. The third kappa shape index (κ3) is 2.24. The van der Waals surface area contributed by atoms with Crippen LogP contribution in [0.5, 0.6) is 0 Å². The van der Waals surface area contributed by atoms with Crippen molar-refractivity contribution in [2.45, 2.75) is 6.42 Å². The van der Waals surface area contributed by atoms with E-state index in [0.29, 0.717) is 23.8 Å². The first-order valence-corrected chi connectivity index (χ1v) is 5.94. The molecule has 0 fully saturated rings. The summed E-state index contributed by atoms with van der Waals surface area (Å²) in [6.07, 6.45) is 5.00. The molecule has 2 heterocycles. The van der Waals surface area contributed by atoms with E-state index >= 15 is 0 Å². The van der Waals surface area contributed by atoms with Gasteiger partial charge < -0.3 is 4.52 Å². The maximum atomic E-state index is 8.84. The molecule has 0 aliphatic heterocycles. The van der Waals surface area contributed by atoms with Crippen LogP contribution in [0.4, 0.5) is 0 Å². The number of benzene rings is 1. The van der Waals surface area contributed by atoms with Crippen molar-refractivity contribution in [1.29, 1.82) is 5.26 Å². The summed E-state index contributed by atoms with van der Waals surface area (Å²) in [7, 11) is 0. The molecule has 3 rings (SSSR count). The van der Waals surface area contributed by atoms with E-state index in [1.165, 1.54) is 0 Å². The minimum atomic E-state index is 0.291. The topological polar surface area (TPSA) is 88.5 Å².